The van der Waals surface area contributed by atoms with Crippen LogP contribution in [-0.4, -0.2) is 94.1 Å². The molecule has 2 unspecified atom stereocenters. The topological polar surface area (TPSA) is 146 Å². The Hall–Kier alpha value is -4.74. The number of hydrogen-bond acceptors (Lipinski definition) is 10. The van der Waals surface area contributed by atoms with Gasteiger partial charge in [-0.15, -0.1) is 0 Å². The molecule has 6 atom stereocenters. The van der Waals surface area contributed by atoms with E-state index in [0.29, 0.717) is 18.4 Å². The van der Waals surface area contributed by atoms with E-state index in [-0.39, 0.29) is 41.0 Å². The molecule has 2 aromatic carbocycles. The average molecular weight is 689 g/mol. The van der Waals surface area contributed by atoms with Crippen molar-refractivity contribution >= 4 is 35.7 Å². The summed E-state index contributed by atoms with van der Waals surface area (Å²) in [6, 6.07) is 11.9. The summed E-state index contributed by atoms with van der Waals surface area (Å²) in [4.78, 5) is 79.9. The summed E-state index contributed by atoms with van der Waals surface area (Å²) in [7, 11) is 0. The van der Waals surface area contributed by atoms with Crippen LogP contribution in [0, 0.1) is 11.8 Å². The lowest BCUT2D eigenvalue weighted by molar-refractivity contribution is -0.148. The number of Topliss-reactive ketones (excluding diaryl/α,β-unsaturated/α-hetero) is 2. The summed E-state index contributed by atoms with van der Waals surface area (Å²) in [6.07, 6.45) is 1.65. The number of benzene rings is 2. The summed E-state index contributed by atoms with van der Waals surface area (Å²) in [5.74, 6) is -1.47. The summed E-state index contributed by atoms with van der Waals surface area (Å²) in [5, 5.41) is 0. The van der Waals surface area contributed by atoms with Crippen LogP contribution in [0.25, 0.3) is 11.1 Å². The van der Waals surface area contributed by atoms with E-state index in [1.807, 2.05) is 0 Å². The van der Waals surface area contributed by atoms with E-state index in [4.69, 9.17) is 18.9 Å². The van der Waals surface area contributed by atoms with Gasteiger partial charge in [0, 0.05) is 17.6 Å². The maximum Gasteiger partial charge on any atom is 0.411 e. The number of carbonyl (C=O) groups excluding carboxylic acids is 6. The van der Waals surface area contributed by atoms with Gasteiger partial charge in [-0.05, 0) is 102 Å². The van der Waals surface area contributed by atoms with Gasteiger partial charge in [0.2, 0.25) is 0 Å². The average Bonchev–Trinajstić information content (AvgIpc) is 3.92. The Morgan fingerprint density at radius 2 is 1.06 bits per heavy atom. The Labute approximate surface area is 291 Å². The molecule has 6 rings (SSSR count). The third-order valence-electron chi connectivity index (χ3n) is 9.41. The lowest BCUT2D eigenvalue weighted by Gasteiger charge is -2.29. The molecule has 50 heavy (non-hydrogen) atoms. The lowest BCUT2D eigenvalue weighted by Crippen LogP contribution is -2.46. The number of ether oxygens (including phenoxy) is 4. The molecule has 0 radical (unpaired) electrons. The molecule has 4 fully saturated rings. The van der Waals surface area contributed by atoms with Gasteiger partial charge in [0.25, 0.3) is 0 Å². The van der Waals surface area contributed by atoms with Crippen molar-refractivity contribution in [1.29, 1.82) is 0 Å². The third-order valence-corrected chi connectivity index (χ3v) is 9.41. The van der Waals surface area contributed by atoms with Gasteiger partial charge in [0.1, 0.15) is 17.2 Å². The SMILES string of the molecule is CC(C)(C)OC(=O)N1C2C[C@H]2C[C@H]1C(=O)COC(=O)c1ccc(-c2ccc(C(=O)COC(=O)[C@@H]3C[C@@H]4CC4N3C(=O)OC(C)(C)C)cc2)cc1. The maximum absolute atomic E-state index is 13.0. The van der Waals surface area contributed by atoms with Crippen LogP contribution in [0.5, 0.6) is 0 Å². The molecule has 2 aromatic rings. The van der Waals surface area contributed by atoms with Crippen molar-refractivity contribution in [3.63, 3.8) is 0 Å². The molecule has 2 saturated carbocycles. The van der Waals surface area contributed by atoms with Gasteiger partial charge in [-0.25, -0.2) is 19.2 Å². The van der Waals surface area contributed by atoms with Gasteiger partial charge in [-0.2, -0.15) is 0 Å². The summed E-state index contributed by atoms with van der Waals surface area (Å²) in [5.41, 5.74) is 0.808. The van der Waals surface area contributed by atoms with E-state index in [2.05, 4.69) is 0 Å². The van der Waals surface area contributed by atoms with E-state index in [0.717, 1.165) is 24.0 Å². The second-order valence-corrected chi connectivity index (χ2v) is 15.6. The fourth-order valence-electron chi connectivity index (χ4n) is 6.84. The Morgan fingerprint density at radius 3 is 1.56 bits per heavy atom. The molecule has 0 aromatic heterocycles. The molecule has 2 amide bonds. The minimum Gasteiger partial charge on any atom is -0.456 e. The molecule has 12 nitrogen and oxygen atoms in total. The number of carbonyl (C=O) groups is 6. The first-order valence-corrected chi connectivity index (χ1v) is 17.1. The van der Waals surface area contributed by atoms with Gasteiger partial charge in [0.05, 0.1) is 11.6 Å². The molecule has 0 spiro atoms. The Morgan fingerprint density at radius 1 is 0.600 bits per heavy atom. The molecule has 2 aliphatic carbocycles. The first-order chi connectivity index (χ1) is 23.5. The Kier molecular flexibility index (Phi) is 9.26. The molecule has 2 saturated heterocycles. The number of hydrogen-bond donors (Lipinski definition) is 0. The quantitative estimate of drug-likeness (QED) is 0.185. The summed E-state index contributed by atoms with van der Waals surface area (Å²) in [6.45, 7) is 9.73. The molecule has 0 N–H and O–H groups in total. The van der Waals surface area contributed by atoms with E-state index in [9.17, 15) is 28.8 Å². The standard InChI is InChI=1S/C38H44N2O10/c1-37(2,3)49-35(45)39-27-15-25(27)17-29(39)32(42)20-47-33(43)24-13-9-22(10-14-24)21-7-11-23(12-8-21)31(41)19-48-34(44)30-18-26-16-28(26)40(30)36(46)50-38(4,5)6/h7-14,25-30H,15-20H2,1-6H3/t25-,26-,27?,28?,29-,30-/m0/s1. The minimum absolute atomic E-state index is 0.00232. The number of piperidine rings is 2. The van der Waals surface area contributed by atoms with Gasteiger partial charge < -0.3 is 18.9 Å². The lowest BCUT2D eigenvalue weighted by atomic mass is 10.0. The zero-order valence-corrected chi connectivity index (χ0v) is 29.3. The second kappa shape index (κ2) is 13.2. The van der Waals surface area contributed by atoms with Gasteiger partial charge in [0.15, 0.2) is 24.8 Å². The fourth-order valence-corrected chi connectivity index (χ4v) is 6.84. The number of amides is 2. The smallest absolute Gasteiger partial charge is 0.411 e. The highest BCUT2D eigenvalue weighted by Gasteiger charge is 2.58. The van der Waals surface area contributed by atoms with Crippen LogP contribution in [-0.2, 0) is 28.5 Å². The van der Waals surface area contributed by atoms with E-state index in [1.165, 1.54) is 9.80 Å². The molecular formula is C38H44N2O10. The highest BCUT2D eigenvalue weighted by Crippen LogP contribution is 2.49. The molecule has 12 heteroatoms. The van der Waals surface area contributed by atoms with E-state index >= 15 is 0 Å². The van der Waals surface area contributed by atoms with Crippen LogP contribution in [0.3, 0.4) is 0 Å². The van der Waals surface area contributed by atoms with Crippen LogP contribution in [0.2, 0.25) is 0 Å². The van der Waals surface area contributed by atoms with Crippen molar-refractivity contribution in [3.05, 3.63) is 59.7 Å². The summed E-state index contributed by atoms with van der Waals surface area (Å²) >= 11 is 0. The van der Waals surface area contributed by atoms with Crippen molar-refractivity contribution in [3.8, 4) is 11.1 Å². The zero-order valence-electron chi connectivity index (χ0n) is 29.3. The third kappa shape index (κ3) is 7.84. The number of nitrogens with zero attached hydrogens (tertiary/aromatic N) is 2. The first-order valence-electron chi connectivity index (χ1n) is 17.1. The predicted octanol–water partition coefficient (Wildman–Crippen LogP) is 5.60. The molecule has 4 aliphatic rings. The molecule has 266 valence electrons. The number of likely N-dealkylation sites (tertiary alicyclic amines) is 2. The Balaban J connectivity index is 0.979. The molecule has 0 bridgehead atoms. The normalized spacial score (nSPS) is 24.8. The largest absolute Gasteiger partial charge is 0.456 e. The number of fused-ring (bicyclic) bond motifs is 2. The number of ketones is 2. The highest BCUT2D eigenvalue weighted by molar-refractivity contribution is 5.99. The van der Waals surface area contributed by atoms with E-state index in [1.54, 1.807) is 90.1 Å². The number of rotatable bonds is 9. The molecule has 2 aliphatic heterocycles. The van der Waals surface area contributed by atoms with Gasteiger partial charge in [-0.3, -0.25) is 19.4 Å². The molecule has 2 heterocycles. The van der Waals surface area contributed by atoms with Crippen molar-refractivity contribution in [2.24, 2.45) is 11.8 Å². The monoisotopic (exact) mass is 688 g/mol. The van der Waals surface area contributed by atoms with Gasteiger partial charge in [-0.1, -0.05) is 36.4 Å². The van der Waals surface area contributed by atoms with Crippen LogP contribution in [0.15, 0.2) is 48.5 Å². The fraction of sp³-hybridized carbons (Fsp3) is 0.526. The Bertz CT molecular complexity index is 1560. The zero-order chi connectivity index (χ0) is 36.1. The second-order valence-electron chi connectivity index (χ2n) is 15.6. The molecular weight excluding hydrogens is 644 g/mol. The number of esters is 2. The predicted molar refractivity (Wildman–Crippen MR) is 179 cm³/mol. The van der Waals surface area contributed by atoms with Crippen molar-refractivity contribution in [2.45, 2.75) is 103 Å². The minimum atomic E-state index is -0.767. The van der Waals surface area contributed by atoms with Crippen LogP contribution in [0.4, 0.5) is 9.59 Å². The van der Waals surface area contributed by atoms with Crippen molar-refractivity contribution in [2.75, 3.05) is 13.2 Å². The van der Waals surface area contributed by atoms with Crippen LogP contribution in [0.1, 0.15) is 87.9 Å². The maximum atomic E-state index is 13.0. The summed E-state index contributed by atoms with van der Waals surface area (Å²) < 4.78 is 21.7. The first kappa shape index (κ1) is 35.1. The van der Waals surface area contributed by atoms with Gasteiger partial charge >= 0.3 is 24.1 Å². The van der Waals surface area contributed by atoms with Crippen molar-refractivity contribution in [1.82, 2.24) is 9.80 Å². The van der Waals surface area contributed by atoms with Crippen LogP contribution >= 0.6 is 0 Å². The highest BCUT2D eigenvalue weighted by atomic mass is 16.6. The van der Waals surface area contributed by atoms with Crippen molar-refractivity contribution < 1.29 is 47.7 Å². The van der Waals surface area contributed by atoms with E-state index < -0.39 is 60.6 Å². The van der Waals surface area contributed by atoms with Crippen LogP contribution < -0.4 is 0 Å².